The molecular weight excluding hydrogens is 331 g/mol. The number of pyridine rings is 1. The van der Waals surface area contributed by atoms with E-state index in [1.54, 1.807) is 0 Å². The Morgan fingerprint density at radius 1 is 1.40 bits per heavy atom. The second kappa shape index (κ2) is 9.03. The Balaban J connectivity index is 1.82. The second-order valence-corrected chi connectivity index (χ2v) is 6.30. The molecule has 0 aromatic carbocycles. The molecule has 1 saturated heterocycles. The Bertz CT molecular complexity index is 556. The average molecular weight is 357 g/mol. The maximum Gasteiger partial charge on any atom is 0.401 e. The number of aromatic nitrogens is 1. The smallest absolute Gasteiger partial charge is 0.357 e. The SMILES string of the molecule is CCNC(=NCCc1ccc(C)nc1)NC1CCN(CC(F)(F)F)C1. The summed E-state index contributed by atoms with van der Waals surface area (Å²) >= 11 is 0. The predicted molar refractivity (Wildman–Crippen MR) is 92.7 cm³/mol. The molecule has 8 heteroatoms. The van der Waals surface area contributed by atoms with Crippen LogP contribution in [0.2, 0.25) is 0 Å². The van der Waals surface area contributed by atoms with Crippen molar-refractivity contribution in [3.05, 3.63) is 29.6 Å². The first-order valence-corrected chi connectivity index (χ1v) is 8.61. The summed E-state index contributed by atoms with van der Waals surface area (Å²) in [4.78, 5) is 10.2. The minimum atomic E-state index is -4.14. The number of alkyl halides is 3. The van der Waals surface area contributed by atoms with Crippen LogP contribution < -0.4 is 10.6 Å². The molecule has 1 aromatic rings. The number of guanidine groups is 1. The van der Waals surface area contributed by atoms with E-state index in [9.17, 15) is 13.2 Å². The lowest BCUT2D eigenvalue weighted by Crippen LogP contribution is -2.45. The molecule has 0 radical (unpaired) electrons. The molecule has 0 bridgehead atoms. The van der Waals surface area contributed by atoms with Crippen LogP contribution in [-0.2, 0) is 6.42 Å². The molecule has 0 spiro atoms. The quantitative estimate of drug-likeness (QED) is 0.605. The fraction of sp³-hybridized carbons (Fsp3) is 0.647. The number of nitrogens with zero attached hydrogens (tertiary/aromatic N) is 3. The van der Waals surface area contributed by atoms with Crippen LogP contribution >= 0.6 is 0 Å². The number of aliphatic imine (C=N–C) groups is 1. The molecule has 1 aromatic heterocycles. The zero-order chi connectivity index (χ0) is 18.3. The lowest BCUT2D eigenvalue weighted by atomic mass is 10.2. The van der Waals surface area contributed by atoms with Gasteiger partial charge in [0, 0.05) is 44.1 Å². The van der Waals surface area contributed by atoms with Crippen LogP contribution in [0.3, 0.4) is 0 Å². The average Bonchev–Trinajstić information content (AvgIpc) is 2.94. The van der Waals surface area contributed by atoms with Crippen molar-refractivity contribution in [2.45, 2.75) is 38.9 Å². The molecule has 1 unspecified atom stereocenters. The van der Waals surface area contributed by atoms with Gasteiger partial charge in [-0.15, -0.1) is 0 Å². The van der Waals surface area contributed by atoms with Gasteiger partial charge in [-0.1, -0.05) is 6.07 Å². The Labute approximate surface area is 146 Å². The third-order valence-electron chi connectivity index (χ3n) is 4.00. The van der Waals surface area contributed by atoms with Gasteiger partial charge in [0.15, 0.2) is 5.96 Å². The summed E-state index contributed by atoms with van der Waals surface area (Å²) in [6, 6.07) is 3.99. The lowest BCUT2D eigenvalue weighted by Gasteiger charge is -2.19. The highest BCUT2D eigenvalue weighted by Gasteiger charge is 2.34. The van der Waals surface area contributed by atoms with Gasteiger partial charge in [-0.3, -0.25) is 14.9 Å². The van der Waals surface area contributed by atoms with Gasteiger partial charge in [0.25, 0.3) is 0 Å². The molecule has 1 aliphatic rings. The molecule has 140 valence electrons. The van der Waals surface area contributed by atoms with Gasteiger partial charge in [0.1, 0.15) is 0 Å². The van der Waals surface area contributed by atoms with E-state index in [0.717, 1.165) is 17.7 Å². The van der Waals surface area contributed by atoms with Gasteiger partial charge in [-0.25, -0.2) is 0 Å². The van der Waals surface area contributed by atoms with E-state index in [1.807, 2.05) is 32.2 Å². The summed E-state index contributed by atoms with van der Waals surface area (Å²) in [5.74, 6) is 0.654. The summed E-state index contributed by atoms with van der Waals surface area (Å²) < 4.78 is 37.4. The van der Waals surface area contributed by atoms with Gasteiger partial charge < -0.3 is 10.6 Å². The molecule has 1 fully saturated rings. The highest BCUT2D eigenvalue weighted by molar-refractivity contribution is 5.80. The first-order valence-electron chi connectivity index (χ1n) is 8.61. The Morgan fingerprint density at radius 2 is 2.20 bits per heavy atom. The predicted octanol–water partition coefficient (Wildman–Crippen LogP) is 2.12. The fourth-order valence-corrected chi connectivity index (χ4v) is 2.80. The fourth-order valence-electron chi connectivity index (χ4n) is 2.80. The summed E-state index contributed by atoms with van der Waals surface area (Å²) in [7, 11) is 0. The Morgan fingerprint density at radius 3 is 2.84 bits per heavy atom. The van der Waals surface area contributed by atoms with Crippen molar-refractivity contribution < 1.29 is 13.2 Å². The molecule has 2 heterocycles. The highest BCUT2D eigenvalue weighted by atomic mass is 19.4. The van der Waals surface area contributed by atoms with E-state index in [4.69, 9.17) is 0 Å². The second-order valence-electron chi connectivity index (χ2n) is 6.30. The van der Waals surface area contributed by atoms with E-state index in [0.29, 0.717) is 38.6 Å². The maximum atomic E-state index is 12.5. The van der Waals surface area contributed by atoms with Crippen molar-refractivity contribution in [2.24, 2.45) is 4.99 Å². The van der Waals surface area contributed by atoms with Crippen molar-refractivity contribution >= 4 is 5.96 Å². The van der Waals surface area contributed by atoms with Crippen molar-refractivity contribution in [3.8, 4) is 0 Å². The van der Waals surface area contributed by atoms with Crippen LogP contribution in [0.5, 0.6) is 0 Å². The van der Waals surface area contributed by atoms with Crippen molar-refractivity contribution in [3.63, 3.8) is 0 Å². The number of hydrogen-bond donors (Lipinski definition) is 2. The molecule has 0 saturated carbocycles. The monoisotopic (exact) mass is 357 g/mol. The van der Waals surface area contributed by atoms with Crippen LogP contribution in [0, 0.1) is 6.92 Å². The summed E-state index contributed by atoms with van der Waals surface area (Å²) in [6.07, 6.45) is -0.843. The normalized spacial score (nSPS) is 19.2. The van der Waals surface area contributed by atoms with Gasteiger partial charge in [0.2, 0.25) is 0 Å². The van der Waals surface area contributed by atoms with E-state index >= 15 is 0 Å². The van der Waals surface area contributed by atoms with Crippen LogP contribution in [0.15, 0.2) is 23.3 Å². The number of halogens is 3. The molecule has 25 heavy (non-hydrogen) atoms. The lowest BCUT2D eigenvalue weighted by molar-refractivity contribution is -0.143. The number of likely N-dealkylation sites (tertiary alicyclic amines) is 1. The number of hydrogen-bond acceptors (Lipinski definition) is 3. The molecule has 0 amide bonds. The minimum absolute atomic E-state index is 0.0128. The molecule has 2 N–H and O–H groups in total. The molecule has 2 rings (SSSR count). The third kappa shape index (κ3) is 7.29. The molecule has 5 nitrogen and oxygen atoms in total. The third-order valence-corrected chi connectivity index (χ3v) is 4.00. The Kier molecular flexibility index (Phi) is 7.04. The minimum Gasteiger partial charge on any atom is -0.357 e. The zero-order valence-electron chi connectivity index (χ0n) is 14.7. The van der Waals surface area contributed by atoms with Gasteiger partial charge >= 0.3 is 6.18 Å². The first-order chi connectivity index (χ1) is 11.9. The van der Waals surface area contributed by atoms with Crippen molar-refractivity contribution in [2.75, 3.05) is 32.7 Å². The van der Waals surface area contributed by atoms with Crippen molar-refractivity contribution in [1.82, 2.24) is 20.5 Å². The highest BCUT2D eigenvalue weighted by Crippen LogP contribution is 2.19. The van der Waals surface area contributed by atoms with Gasteiger partial charge in [-0.2, -0.15) is 13.2 Å². The molecule has 1 atom stereocenters. The Hall–Kier alpha value is -1.83. The van der Waals surface area contributed by atoms with Crippen LogP contribution in [-0.4, -0.2) is 60.8 Å². The van der Waals surface area contributed by atoms with Crippen LogP contribution in [0.4, 0.5) is 13.2 Å². The van der Waals surface area contributed by atoms with Crippen molar-refractivity contribution in [1.29, 1.82) is 0 Å². The summed E-state index contributed by atoms with van der Waals surface area (Å²) in [5.41, 5.74) is 2.09. The van der Waals surface area contributed by atoms with Gasteiger partial charge in [0.05, 0.1) is 6.54 Å². The van der Waals surface area contributed by atoms with Gasteiger partial charge in [-0.05, 0) is 38.3 Å². The van der Waals surface area contributed by atoms with Crippen LogP contribution in [0.1, 0.15) is 24.6 Å². The van der Waals surface area contributed by atoms with E-state index in [1.165, 1.54) is 4.90 Å². The van der Waals surface area contributed by atoms with E-state index in [2.05, 4.69) is 20.6 Å². The summed E-state index contributed by atoms with van der Waals surface area (Å²) in [6.45, 7) is 5.19. The largest absolute Gasteiger partial charge is 0.401 e. The van der Waals surface area contributed by atoms with E-state index < -0.39 is 12.7 Å². The topological polar surface area (TPSA) is 52.6 Å². The zero-order valence-corrected chi connectivity index (χ0v) is 14.7. The van der Waals surface area contributed by atoms with E-state index in [-0.39, 0.29) is 6.04 Å². The molecule has 1 aliphatic heterocycles. The first kappa shape index (κ1) is 19.5. The summed E-state index contributed by atoms with van der Waals surface area (Å²) in [5, 5.41) is 6.39. The molecule has 0 aliphatic carbocycles. The maximum absolute atomic E-state index is 12.5. The number of aryl methyl sites for hydroxylation is 1. The molecular formula is C17H26F3N5. The van der Waals surface area contributed by atoms with Crippen LogP contribution in [0.25, 0.3) is 0 Å². The number of nitrogens with one attached hydrogen (secondary N) is 2. The standard InChI is InChI=1S/C17H26F3N5/c1-3-21-16(22-8-6-14-5-4-13(2)23-10-14)24-15-7-9-25(11-15)12-17(18,19)20/h4-5,10,15H,3,6-9,11-12H2,1-2H3,(H2,21,22,24). The number of rotatable bonds is 6.